The Morgan fingerprint density at radius 1 is 1.12 bits per heavy atom. The van der Waals surface area contributed by atoms with Gasteiger partial charge in [0.1, 0.15) is 11.2 Å². The van der Waals surface area contributed by atoms with Gasteiger partial charge in [0, 0.05) is 43.3 Å². The maximum Gasteiger partial charge on any atom is 0.586 e. The molecule has 6 rings (SSSR count). The van der Waals surface area contributed by atoms with Crippen LogP contribution < -0.4 is 15.2 Å². The number of aromatic nitrogens is 4. The van der Waals surface area contributed by atoms with Crippen molar-refractivity contribution in [1.29, 1.82) is 0 Å². The van der Waals surface area contributed by atoms with E-state index in [2.05, 4.69) is 29.4 Å². The van der Waals surface area contributed by atoms with Crippen molar-refractivity contribution in [1.82, 2.24) is 24.5 Å². The van der Waals surface area contributed by atoms with E-state index in [-0.39, 0.29) is 34.8 Å². The molecule has 3 aliphatic heterocycles. The molecule has 0 aliphatic carbocycles. The summed E-state index contributed by atoms with van der Waals surface area (Å²) < 4.78 is 58.6. The van der Waals surface area contributed by atoms with Gasteiger partial charge in [-0.1, -0.05) is 6.92 Å². The maximum atomic E-state index is 15.4. The lowest BCUT2D eigenvalue weighted by molar-refractivity contribution is -0.286. The van der Waals surface area contributed by atoms with E-state index in [1.165, 1.54) is 10.6 Å². The minimum absolute atomic E-state index is 0.00159. The molecule has 9 nitrogen and oxygen atoms in total. The molecule has 2 atom stereocenters. The normalized spacial score (nSPS) is 28.6. The number of rotatable bonds is 4. The fourth-order valence-electron chi connectivity index (χ4n) is 5.34. The van der Waals surface area contributed by atoms with Crippen molar-refractivity contribution in [3.63, 3.8) is 0 Å². The zero-order chi connectivity index (χ0) is 23.0. The fraction of sp³-hybridized carbons (Fsp3) is 0.571. The number of benzene rings is 1. The second-order valence-corrected chi connectivity index (χ2v) is 8.91. The Morgan fingerprint density at radius 2 is 1.88 bits per heavy atom. The molecule has 0 spiro atoms. The van der Waals surface area contributed by atoms with Crippen molar-refractivity contribution in [3.05, 3.63) is 18.0 Å². The number of halogens is 3. The molecule has 0 radical (unpaired) electrons. The molecule has 2 bridgehead atoms. The van der Waals surface area contributed by atoms with Crippen molar-refractivity contribution in [2.24, 2.45) is 11.8 Å². The van der Waals surface area contributed by atoms with Crippen LogP contribution in [0.25, 0.3) is 16.6 Å². The molecule has 0 saturated carbocycles. The second kappa shape index (κ2) is 7.07. The van der Waals surface area contributed by atoms with Gasteiger partial charge in [0.2, 0.25) is 5.95 Å². The van der Waals surface area contributed by atoms with Gasteiger partial charge in [-0.2, -0.15) is 4.52 Å². The summed E-state index contributed by atoms with van der Waals surface area (Å²) in [6.07, 6.45) is -2.74. The summed E-state index contributed by atoms with van der Waals surface area (Å²) in [5.74, 6) is -0.0418. The van der Waals surface area contributed by atoms with E-state index >= 15 is 4.39 Å². The number of nitrogens with two attached hydrogens (primary N) is 1. The largest absolute Gasteiger partial charge is 0.586 e. The molecule has 3 aromatic rings. The van der Waals surface area contributed by atoms with E-state index in [0.717, 1.165) is 0 Å². The van der Waals surface area contributed by atoms with E-state index in [1.54, 1.807) is 6.07 Å². The van der Waals surface area contributed by atoms with Crippen molar-refractivity contribution in [2.75, 3.05) is 38.6 Å². The van der Waals surface area contributed by atoms with Gasteiger partial charge in [0.25, 0.3) is 0 Å². The van der Waals surface area contributed by atoms with Gasteiger partial charge in [-0.05, 0) is 18.6 Å². The van der Waals surface area contributed by atoms with Gasteiger partial charge < -0.3 is 24.8 Å². The Kier molecular flexibility index (Phi) is 4.44. The third-order valence-electron chi connectivity index (χ3n) is 7.03. The summed E-state index contributed by atoms with van der Waals surface area (Å²) in [6, 6.07) is 2.97. The van der Waals surface area contributed by atoms with E-state index in [9.17, 15) is 8.78 Å². The molecule has 176 valence electrons. The van der Waals surface area contributed by atoms with E-state index in [4.69, 9.17) is 10.5 Å². The van der Waals surface area contributed by atoms with Crippen LogP contribution in [-0.4, -0.2) is 69.3 Å². The molecule has 5 heterocycles. The van der Waals surface area contributed by atoms with Crippen molar-refractivity contribution < 1.29 is 27.4 Å². The quantitative estimate of drug-likeness (QED) is 0.629. The Hall–Kier alpha value is -2.86. The Bertz CT molecular complexity index is 1240. The molecule has 2 fully saturated rings. The van der Waals surface area contributed by atoms with Crippen LogP contribution in [0.1, 0.15) is 19.2 Å². The van der Waals surface area contributed by atoms with Crippen LogP contribution in [0.15, 0.2) is 12.1 Å². The van der Waals surface area contributed by atoms with Gasteiger partial charge in [-0.25, -0.2) is 14.4 Å². The lowest BCUT2D eigenvalue weighted by Crippen LogP contribution is -2.61. The highest BCUT2D eigenvalue weighted by Gasteiger charge is 2.51. The van der Waals surface area contributed by atoms with Crippen LogP contribution in [-0.2, 0) is 11.2 Å². The highest BCUT2D eigenvalue weighted by Crippen LogP contribution is 2.46. The Morgan fingerprint density at radius 3 is 2.61 bits per heavy atom. The minimum Gasteiger partial charge on any atom is -0.395 e. The zero-order valence-electron chi connectivity index (χ0n) is 17.9. The van der Waals surface area contributed by atoms with Crippen molar-refractivity contribution in [3.8, 4) is 11.5 Å². The number of piperidine rings is 1. The standard InChI is InChI=1S/C21H23F3N6O3/c1-2-20(22)11-7-29(8-12(20)10-31-9-11)6-5-15-26-18-13-3-4-14-17(33-21(23,24)32-14)16(13)27-19(25)30(18)28-15/h3-4,11-12H,2,5-10H2,1H3,(H2,25,27). The highest BCUT2D eigenvalue weighted by atomic mass is 19.3. The SMILES string of the molecule is CCC1(F)C2COCC1CN(CCc1nc3c4ccc5c(c4nc(N)n3n1)OC(F)(F)O5)C2. The van der Waals surface area contributed by atoms with Crippen LogP contribution in [0.3, 0.4) is 0 Å². The molecular formula is C21H23F3N6O3. The molecule has 2 saturated heterocycles. The van der Waals surface area contributed by atoms with Gasteiger partial charge in [0.15, 0.2) is 23.0 Å². The van der Waals surface area contributed by atoms with Crippen LogP contribution in [0, 0.1) is 11.8 Å². The average molecular weight is 464 g/mol. The number of fused-ring (bicyclic) bond motifs is 7. The fourth-order valence-corrected chi connectivity index (χ4v) is 5.34. The molecule has 0 amide bonds. The molecule has 2 aromatic heterocycles. The number of hydrogen-bond donors (Lipinski definition) is 1. The van der Waals surface area contributed by atoms with Crippen LogP contribution in [0.2, 0.25) is 0 Å². The predicted molar refractivity (Wildman–Crippen MR) is 111 cm³/mol. The summed E-state index contributed by atoms with van der Waals surface area (Å²) >= 11 is 0. The summed E-state index contributed by atoms with van der Waals surface area (Å²) in [6.45, 7) is 4.68. The number of alkyl halides is 3. The Balaban J connectivity index is 1.26. The minimum atomic E-state index is -3.76. The molecule has 2 unspecified atom stereocenters. The van der Waals surface area contributed by atoms with Crippen molar-refractivity contribution in [2.45, 2.75) is 31.7 Å². The summed E-state index contributed by atoms with van der Waals surface area (Å²) in [5, 5.41) is 4.93. The first-order valence-electron chi connectivity index (χ1n) is 11.0. The first-order valence-corrected chi connectivity index (χ1v) is 11.0. The molecule has 2 N–H and O–H groups in total. The predicted octanol–water partition coefficient (Wildman–Crippen LogP) is 2.42. The molecule has 3 aliphatic rings. The molecule has 33 heavy (non-hydrogen) atoms. The van der Waals surface area contributed by atoms with Crippen molar-refractivity contribution >= 4 is 22.5 Å². The van der Waals surface area contributed by atoms with Crippen LogP contribution in [0.5, 0.6) is 11.5 Å². The summed E-state index contributed by atoms with van der Waals surface area (Å²) in [5.41, 5.74) is 5.40. The lowest BCUT2D eigenvalue weighted by Gasteiger charge is -2.50. The highest BCUT2D eigenvalue weighted by molar-refractivity contribution is 5.97. The van der Waals surface area contributed by atoms with Gasteiger partial charge in [-0.3, -0.25) is 0 Å². The maximum absolute atomic E-state index is 15.4. The van der Waals surface area contributed by atoms with Gasteiger partial charge in [-0.15, -0.1) is 13.9 Å². The molecule has 1 aromatic carbocycles. The Labute approximate surface area is 186 Å². The average Bonchev–Trinajstić information content (AvgIpc) is 3.33. The number of nitrogens with zero attached hydrogens (tertiary/aromatic N) is 5. The molecule has 12 heteroatoms. The second-order valence-electron chi connectivity index (χ2n) is 8.91. The number of ether oxygens (including phenoxy) is 3. The smallest absolute Gasteiger partial charge is 0.395 e. The van der Waals surface area contributed by atoms with Crippen LogP contribution in [0.4, 0.5) is 19.1 Å². The third-order valence-corrected chi connectivity index (χ3v) is 7.03. The topological polar surface area (TPSA) is 100 Å². The lowest BCUT2D eigenvalue weighted by atomic mass is 9.72. The van der Waals surface area contributed by atoms with E-state index < -0.39 is 12.0 Å². The number of nitrogen functional groups attached to an aromatic ring is 1. The van der Waals surface area contributed by atoms with E-state index in [0.29, 0.717) is 62.5 Å². The summed E-state index contributed by atoms with van der Waals surface area (Å²) in [7, 11) is 0. The first kappa shape index (κ1) is 20.7. The van der Waals surface area contributed by atoms with Gasteiger partial charge in [0.05, 0.1) is 13.2 Å². The zero-order valence-corrected chi connectivity index (χ0v) is 17.9. The number of hydrogen-bond acceptors (Lipinski definition) is 8. The van der Waals surface area contributed by atoms with Gasteiger partial charge >= 0.3 is 6.29 Å². The number of likely N-dealkylation sites (tertiary alicyclic amines) is 1. The third kappa shape index (κ3) is 3.18. The summed E-state index contributed by atoms with van der Waals surface area (Å²) in [4.78, 5) is 11.0. The monoisotopic (exact) mass is 464 g/mol. The number of anilines is 1. The van der Waals surface area contributed by atoms with Crippen LogP contribution >= 0.6 is 0 Å². The van der Waals surface area contributed by atoms with E-state index in [1.807, 2.05) is 6.92 Å². The first-order chi connectivity index (χ1) is 15.8. The molecular weight excluding hydrogens is 441 g/mol.